The molecule has 1 fully saturated rings. The van der Waals surface area contributed by atoms with E-state index < -0.39 is 0 Å². The van der Waals surface area contributed by atoms with E-state index in [9.17, 15) is 4.79 Å². The number of nitrogens with one attached hydrogen (secondary N) is 1. The van der Waals surface area contributed by atoms with Gasteiger partial charge in [0.05, 0.1) is 5.92 Å². The summed E-state index contributed by atoms with van der Waals surface area (Å²) in [7, 11) is 0. The van der Waals surface area contributed by atoms with Crippen LogP contribution in [0, 0.1) is 0 Å². The van der Waals surface area contributed by atoms with Gasteiger partial charge >= 0.3 is 0 Å². The number of nitrogens with zero attached hydrogens (tertiary/aromatic N) is 1. The number of hydrogen-bond acceptors (Lipinski definition) is 2. The normalized spacial score (nSPS) is 21.4. The van der Waals surface area contributed by atoms with Crippen LogP contribution in [-0.2, 0) is 11.3 Å². The standard InChI is InChI=1S/C17H24N2O/c1-2-3-10-19(14-8-9-14)17(20)16-12-18-11-13-6-4-5-7-15(13)16/h4-7,14,16,18H,2-3,8-12H2,1H3. The molecule has 1 heterocycles. The Bertz CT molecular complexity index is 482. The molecule has 0 spiro atoms. The van der Waals surface area contributed by atoms with E-state index in [1.165, 1.54) is 24.0 Å². The van der Waals surface area contributed by atoms with E-state index in [0.29, 0.717) is 11.9 Å². The zero-order chi connectivity index (χ0) is 13.9. The van der Waals surface area contributed by atoms with E-state index in [4.69, 9.17) is 0 Å². The summed E-state index contributed by atoms with van der Waals surface area (Å²) in [6, 6.07) is 8.89. The van der Waals surface area contributed by atoms with Gasteiger partial charge in [-0.15, -0.1) is 0 Å². The number of fused-ring (bicyclic) bond motifs is 1. The average molecular weight is 272 g/mol. The third-order valence-corrected chi connectivity index (χ3v) is 4.42. The van der Waals surface area contributed by atoms with Gasteiger partial charge in [0.25, 0.3) is 0 Å². The molecule has 1 aliphatic carbocycles. The smallest absolute Gasteiger partial charge is 0.231 e. The first-order valence-electron chi connectivity index (χ1n) is 7.90. The summed E-state index contributed by atoms with van der Waals surface area (Å²) >= 11 is 0. The second-order valence-corrected chi connectivity index (χ2v) is 6.00. The third-order valence-electron chi connectivity index (χ3n) is 4.42. The Hall–Kier alpha value is -1.35. The topological polar surface area (TPSA) is 32.3 Å². The molecule has 0 aromatic heterocycles. The lowest BCUT2D eigenvalue weighted by Crippen LogP contribution is -2.43. The predicted molar refractivity (Wildman–Crippen MR) is 80.5 cm³/mol. The summed E-state index contributed by atoms with van der Waals surface area (Å²) in [5, 5.41) is 3.39. The van der Waals surface area contributed by atoms with E-state index >= 15 is 0 Å². The number of benzene rings is 1. The van der Waals surface area contributed by atoms with Gasteiger partial charge in [-0.2, -0.15) is 0 Å². The number of carbonyl (C=O) groups is 1. The molecule has 1 unspecified atom stereocenters. The molecule has 0 radical (unpaired) electrons. The van der Waals surface area contributed by atoms with Gasteiger partial charge in [-0.3, -0.25) is 4.79 Å². The van der Waals surface area contributed by atoms with Crippen LogP contribution < -0.4 is 5.32 Å². The van der Waals surface area contributed by atoms with Crippen LogP contribution >= 0.6 is 0 Å². The highest BCUT2D eigenvalue weighted by atomic mass is 16.2. The fourth-order valence-corrected chi connectivity index (χ4v) is 3.10. The summed E-state index contributed by atoms with van der Waals surface area (Å²) in [6.45, 7) is 4.79. The Morgan fingerprint density at radius 1 is 1.35 bits per heavy atom. The highest BCUT2D eigenvalue weighted by Crippen LogP contribution is 2.32. The molecular formula is C17H24N2O. The fourth-order valence-electron chi connectivity index (χ4n) is 3.10. The zero-order valence-corrected chi connectivity index (χ0v) is 12.3. The number of hydrogen-bond donors (Lipinski definition) is 1. The van der Waals surface area contributed by atoms with Crippen LogP contribution in [0.4, 0.5) is 0 Å². The average Bonchev–Trinajstić information content (AvgIpc) is 3.31. The molecule has 1 amide bonds. The van der Waals surface area contributed by atoms with Crippen LogP contribution in [0.15, 0.2) is 24.3 Å². The maximum Gasteiger partial charge on any atom is 0.231 e. The van der Waals surface area contributed by atoms with Gasteiger partial charge in [0, 0.05) is 25.7 Å². The molecule has 108 valence electrons. The van der Waals surface area contributed by atoms with Gasteiger partial charge in [-0.1, -0.05) is 37.6 Å². The Morgan fingerprint density at radius 3 is 2.90 bits per heavy atom. The maximum atomic E-state index is 12.9. The Balaban J connectivity index is 1.79. The van der Waals surface area contributed by atoms with Gasteiger partial charge in [-0.05, 0) is 30.4 Å². The van der Waals surface area contributed by atoms with Gasteiger partial charge in [-0.25, -0.2) is 0 Å². The van der Waals surface area contributed by atoms with Gasteiger partial charge in [0.15, 0.2) is 0 Å². The first kappa shape index (κ1) is 13.6. The van der Waals surface area contributed by atoms with E-state index in [1.807, 2.05) is 0 Å². The third kappa shape index (κ3) is 2.73. The molecular weight excluding hydrogens is 248 g/mol. The lowest BCUT2D eigenvalue weighted by atomic mass is 9.89. The lowest BCUT2D eigenvalue weighted by Gasteiger charge is -2.31. The molecule has 3 rings (SSSR count). The summed E-state index contributed by atoms with van der Waals surface area (Å²) in [5.41, 5.74) is 2.52. The molecule has 1 aromatic carbocycles. The van der Waals surface area contributed by atoms with E-state index in [-0.39, 0.29) is 5.92 Å². The SMILES string of the molecule is CCCCN(C(=O)C1CNCc2ccccc21)C1CC1. The number of amides is 1. The molecule has 1 aliphatic heterocycles. The molecule has 3 nitrogen and oxygen atoms in total. The van der Waals surface area contributed by atoms with Crippen LogP contribution in [0.5, 0.6) is 0 Å². The van der Waals surface area contributed by atoms with Crippen molar-refractivity contribution in [2.45, 2.75) is 51.1 Å². The molecule has 1 aromatic rings. The molecule has 1 N–H and O–H groups in total. The predicted octanol–water partition coefficient (Wildman–Crippen LogP) is 2.66. The van der Waals surface area contributed by atoms with E-state index in [2.05, 4.69) is 41.4 Å². The van der Waals surface area contributed by atoms with E-state index in [1.54, 1.807) is 0 Å². The minimum Gasteiger partial charge on any atom is -0.339 e. The molecule has 1 atom stereocenters. The zero-order valence-electron chi connectivity index (χ0n) is 12.3. The summed E-state index contributed by atoms with van der Waals surface area (Å²) < 4.78 is 0. The van der Waals surface area contributed by atoms with Gasteiger partial charge in [0.2, 0.25) is 5.91 Å². The monoisotopic (exact) mass is 272 g/mol. The molecule has 0 saturated heterocycles. The quantitative estimate of drug-likeness (QED) is 0.893. The van der Waals surface area contributed by atoms with Crippen molar-refractivity contribution in [1.82, 2.24) is 10.2 Å². The molecule has 3 heteroatoms. The summed E-state index contributed by atoms with van der Waals surface area (Å²) in [6.07, 6.45) is 4.65. The summed E-state index contributed by atoms with van der Waals surface area (Å²) in [5.74, 6) is 0.345. The number of rotatable bonds is 5. The van der Waals surface area contributed by atoms with Crippen LogP contribution in [0.2, 0.25) is 0 Å². The van der Waals surface area contributed by atoms with Crippen molar-refractivity contribution in [3.05, 3.63) is 35.4 Å². The van der Waals surface area contributed by atoms with Crippen LogP contribution in [0.1, 0.15) is 49.7 Å². The van der Waals surface area contributed by atoms with Crippen molar-refractivity contribution in [3.63, 3.8) is 0 Å². The molecule has 2 aliphatic rings. The van der Waals surface area contributed by atoms with Crippen molar-refractivity contribution < 1.29 is 4.79 Å². The van der Waals surface area contributed by atoms with E-state index in [0.717, 1.165) is 32.5 Å². The highest BCUT2D eigenvalue weighted by Gasteiger charge is 2.37. The first-order chi connectivity index (χ1) is 9.81. The van der Waals surface area contributed by atoms with Crippen molar-refractivity contribution in [2.75, 3.05) is 13.1 Å². The van der Waals surface area contributed by atoms with Crippen LogP contribution in [0.3, 0.4) is 0 Å². The molecule has 1 saturated carbocycles. The minimum absolute atomic E-state index is 0.0115. The van der Waals surface area contributed by atoms with Gasteiger partial charge < -0.3 is 10.2 Å². The van der Waals surface area contributed by atoms with Crippen molar-refractivity contribution >= 4 is 5.91 Å². The molecule has 0 bridgehead atoms. The van der Waals surface area contributed by atoms with Crippen LogP contribution in [-0.4, -0.2) is 29.9 Å². The molecule has 20 heavy (non-hydrogen) atoms. The largest absolute Gasteiger partial charge is 0.339 e. The van der Waals surface area contributed by atoms with Crippen LogP contribution in [0.25, 0.3) is 0 Å². The van der Waals surface area contributed by atoms with Crippen molar-refractivity contribution in [2.24, 2.45) is 0 Å². The maximum absolute atomic E-state index is 12.9. The minimum atomic E-state index is 0.0115. The fraction of sp³-hybridized carbons (Fsp3) is 0.588. The van der Waals surface area contributed by atoms with Crippen molar-refractivity contribution in [3.8, 4) is 0 Å². The first-order valence-corrected chi connectivity index (χ1v) is 7.90. The van der Waals surface area contributed by atoms with Crippen molar-refractivity contribution in [1.29, 1.82) is 0 Å². The Labute approximate surface area is 121 Å². The highest BCUT2D eigenvalue weighted by molar-refractivity contribution is 5.85. The van der Waals surface area contributed by atoms with Gasteiger partial charge in [0.1, 0.15) is 0 Å². The Morgan fingerprint density at radius 2 is 2.15 bits per heavy atom. The Kier molecular flexibility index (Phi) is 4.06. The number of unbranched alkanes of at least 4 members (excludes halogenated alkanes) is 1. The second kappa shape index (κ2) is 5.96. The lowest BCUT2D eigenvalue weighted by molar-refractivity contribution is -0.133. The summed E-state index contributed by atoms with van der Waals surface area (Å²) in [4.78, 5) is 15.1. The second-order valence-electron chi connectivity index (χ2n) is 6.00. The number of carbonyl (C=O) groups excluding carboxylic acids is 1.